The summed E-state index contributed by atoms with van der Waals surface area (Å²) >= 11 is 0. The van der Waals surface area contributed by atoms with Crippen LogP contribution in [0.15, 0.2) is 24.3 Å². The Bertz CT molecular complexity index is 634. The fraction of sp³-hybridized carbons (Fsp3) is 0.471. The summed E-state index contributed by atoms with van der Waals surface area (Å²) in [6.07, 6.45) is 3.07. The first-order chi connectivity index (χ1) is 12.0. The first-order valence-corrected chi connectivity index (χ1v) is 8.45. The van der Waals surface area contributed by atoms with Crippen LogP contribution in [0.1, 0.15) is 36.0 Å². The van der Waals surface area contributed by atoms with Crippen molar-refractivity contribution < 1.29 is 14.4 Å². The lowest BCUT2D eigenvalue weighted by Gasteiger charge is -2.36. The Labute approximate surface area is 146 Å². The number of rotatable bonds is 6. The number of nitrogens with zero attached hydrogens (tertiary/aromatic N) is 1. The van der Waals surface area contributed by atoms with Crippen LogP contribution in [0.4, 0.5) is 10.5 Å². The molecule has 25 heavy (non-hydrogen) atoms. The minimum atomic E-state index is -0.678. The van der Waals surface area contributed by atoms with Gasteiger partial charge in [0.2, 0.25) is 5.91 Å². The number of likely N-dealkylation sites (tertiary alicyclic amines) is 1. The van der Waals surface area contributed by atoms with Crippen molar-refractivity contribution in [1.29, 1.82) is 0 Å². The van der Waals surface area contributed by atoms with Crippen LogP contribution in [-0.2, 0) is 4.79 Å². The Balaban J connectivity index is 2.06. The number of nitrogens with two attached hydrogens (primary N) is 2. The molecule has 2 rings (SSSR count). The van der Waals surface area contributed by atoms with E-state index < -0.39 is 6.03 Å². The van der Waals surface area contributed by atoms with Crippen molar-refractivity contribution in [1.82, 2.24) is 10.2 Å². The maximum Gasteiger partial charge on any atom is 0.316 e. The predicted octanol–water partition coefficient (Wildman–Crippen LogP) is 0.637. The van der Waals surface area contributed by atoms with Crippen LogP contribution in [0, 0.1) is 0 Å². The molecule has 8 heteroatoms. The van der Waals surface area contributed by atoms with Crippen molar-refractivity contribution >= 4 is 23.5 Å². The number of primary amides is 1. The van der Waals surface area contributed by atoms with Crippen LogP contribution < -0.4 is 22.1 Å². The van der Waals surface area contributed by atoms with Gasteiger partial charge < -0.3 is 27.0 Å². The molecular weight excluding hydrogens is 322 g/mol. The van der Waals surface area contributed by atoms with Gasteiger partial charge in [-0.3, -0.25) is 9.59 Å². The number of hydrogen-bond acceptors (Lipinski definition) is 4. The van der Waals surface area contributed by atoms with E-state index in [1.165, 1.54) is 0 Å². The van der Waals surface area contributed by atoms with E-state index in [1.807, 2.05) is 0 Å². The standard InChI is InChI=1S/C17H25N5O3/c18-8-7-15(23)20-11-14-6-1-2-9-22(14)16(24)12-4-3-5-13(10-12)21-17(19)25/h3-5,10,14H,1-2,6-9,11,18H2,(H,20,23)(H3,19,21,25). The highest BCUT2D eigenvalue weighted by Gasteiger charge is 2.27. The third-order valence-corrected chi connectivity index (χ3v) is 4.17. The topological polar surface area (TPSA) is 131 Å². The molecule has 1 unspecified atom stereocenters. The van der Waals surface area contributed by atoms with Crippen LogP contribution >= 0.6 is 0 Å². The SMILES string of the molecule is NCCC(=O)NCC1CCCCN1C(=O)c1cccc(NC(N)=O)c1. The molecule has 0 aliphatic carbocycles. The molecule has 136 valence electrons. The Hall–Kier alpha value is -2.61. The second-order valence-electron chi connectivity index (χ2n) is 6.06. The van der Waals surface area contributed by atoms with Gasteiger partial charge >= 0.3 is 6.03 Å². The average molecular weight is 347 g/mol. The van der Waals surface area contributed by atoms with Gasteiger partial charge in [0.15, 0.2) is 0 Å². The quantitative estimate of drug-likeness (QED) is 0.601. The Morgan fingerprint density at radius 2 is 2.04 bits per heavy atom. The number of hydrogen-bond donors (Lipinski definition) is 4. The predicted molar refractivity (Wildman–Crippen MR) is 95.0 cm³/mol. The monoisotopic (exact) mass is 347 g/mol. The largest absolute Gasteiger partial charge is 0.354 e. The Morgan fingerprint density at radius 3 is 2.76 bits per heavy atom. The summed E-state index contributed by atoms with van der Waals surface area (Å²) in [7, 11) is 0. The molecule has 1 aromatic carbocycles. The van der Waals surface area contributed by atoms with Gasteiger partial charge in [-0.25, -0.2) is 4.79 Å². The van der Waals surface area contributed by atoms with E-state index in [-0.39, 0.29) is 24.3 Å². The number of piperidine rings is 1. The Kier molecular flexibility index (Phi) is 6.76. The summed E-state index contributed by atoms with van der Waals surface area (Å²) in [6.45, 7) is 1.37. The van der Waals surface area contributed by atoms with Crippen molar-refractivity contribution in [2.75, 3.05) is 25.0 Å². The molecule has 1 aromatic rings. The highest BCUT2D eigenvalue weighted by Crippen LogP contribution is 2.21. The lowest BCUT2D eigenvalue weighted by molar-refractivity contribution is -0.121. The number of carbonyl (C=O) groups is 3. The molecule has 1 atom stereocenters. The Morgan fingerprint density at radius 1 is 1.24 bits per heavy atom. The van der Waals surface area contributed by atoms with Crippen LogP contribution in [0.5, 0.6) is 0 Å². The minimum absolute atomic E-state index is 0.0456. The zero-order valence-electron chi connectivity index (χ0n) is 14.2. The van der Waals surface area contributed by atoms with Gasteiger partial charge in [-0.15, -0.1) is 0 Å². The molecule has 0 radical (unpaired) electrons. The zero-order valence-corrected chi connectivity index (χ0v) is 14.2. The lowest BCUT2D eigenvalue weighted by atomic mass is 10.0. The number of urea groups is 1. The van der Waals surface area contributed by atoms with Crippen LogP contribution in [0.2, 0.25) is 0 Å². The van der Waals surface area contributed by atoms with Gasteiger partial charge in [0.05, 0.1) is 0 Å². The molecular formula is C17H25N5O3. The van der Waals surface area contributed by atoms with Crippen molar-refractivity contribution in [3.05, 3.63) is 29.8 Å². The molecule has 0 spiro atoms. The van der Waals surface area contributed by atoms with E-state index in [0.29, 0.717) is 30.9 Å². The first kappa shape index (κ1) is 18.7. The smallest absolute Gasteiger partial charge is 0.316 e. The van der Waals surface area contributed by atoms with Gasteiger partial charge in [-0.05, 0) is 37.5 Å². The molecule has 0 bridgehead atoms. The second kappa shape index (κ2) is 9.03. The van der Waals surface area contributed by atoms with Crippen molar-refractivity contribution in [2.45, 2.75) is 31.7 Å². The minimum Gasteiger partial charge on any atom is -0.354 e. The van der Waals surface area contributed by atoms with Crippen LogP contribution in [-0.4, -0.2) is 48.4 Å². The molecule has 0 saturated carbocycles. The molecule has 8 nitrogen and oxygen atoms in total. The molecule has 0 aromatic heterocycles. The summed E-state index contributed by atoms with van der Waals surface area (Å²) in [4.78, 5) is 37.3. The molecule has 1 heterocycles. The highest BCUT2D eigenvalue weighted by molar-refractivity contribution is 5.97. The molecule has 6 N–H and O–H groups in total. The summed E-state index contributed by atoms with van der Waals surface area (Å²) < 4.78 is 0. The summed E-state index contributed by atoms with van der Waals surface area (Å²) in [5, 5.41) is 5.31. The summed E-state index contributed by atoms with van der Waals surface area (Å²) in [5.74, 6) is -0.223. The molecule has 4 amide bonds. The number of anilines is 1. The number of amides is 4. The van der Waals surface area contributed by atoms with Crippen molar-refractivity contribution in [3.8, 4) is 0 Å². The van der Waals surface area contributed by atoms with Crippen molar-refractivity contribution in [2.24, 2.45) is 11.5 Å². The van der Waals surface area contributed by atoms with Gasteiger partial charge in [-0.1, -0.05) is 6.07 Å². The van der Waals surface area contributed by atoms with Crippen LogP contribution in [0.25, 0.3) is 0 Å². The van der Waals surface area contributed by atoms with E-state index in [9.17, 15) is 14.4 Å². The van der Waals surface area contributed by atoms with Crippen LogP contribution in [0.3, 0.4) is 0 Å². The average Bonchev–Trinajstić information content (AvgIpc) is 2.59. The van der Waals surface area contributed by atoms with E-state index in [2.05, 4.69) is 10.6 Å². The maximum atomic E-state index is 12.9. The molecule has 1 saturated heterocycles. The normalized spacial score (nSPS) is 17.0. The van der Waals surface area contributed by atoms with Crippen molar-refractivity contribution in [3.63, 3.8) is 0 Å². The van der Waals surface area contributed by atoms with Gasteiger partial charge in [-0.2, -0.15) is 0 Å². The number of benzene rings is 1. The number of carbonyl (C=O) groups excluding carboxylic acids is 3. The van der Waals surface area contributed by atoms with Gasteiger partial charge in [0.1, 0.15) is 0 Å². The maximum absolute atomic E-state index is 12.9. The lowest BCUT2D eigenvalue weighted by Crippen LogP contribution is -2.49. The first-order valence-electron chi connectivity index (χ1n) is 8.45. The van der Waals surface area contributed by atoms with E-state index in [1.54, 1.807) is 29.2 Å². The molecule has 1 aliphatic heterocycles. The highest BCUT2D eigenvalue weighted by atomic mass is 16.2. The van der Waals surface area contributed by atoms with E-state index in [0.717, 1.165) is 19.3 Å². The van der Waals surface area contributed by atoms with Gasteiger partial charge in [0, 0.05) is 43.3 Å². The zero-order chi connectivity index (χ0) is 18.2. The fourth-order valence-electron chi connectivity index (χ4n) is 2.97. The summed E-state index contributed by atoms with van der Waals surface area (Å²) in [5.41, 5.74) is 11.4. The van der Waals surface area contributed by atoms with E-state index in [4.69, 9.17) is 11.5 Å². The fourth-order valence-corrected chi connectivity index (χ4v) is 2.97. The third-order valence-electron chi connectivity index (χ3n) is 4.17. The molecule has 1 fully saturated rings. The number of nitrogens with one attached hydrogen (secondary N) is 2. The molecule has 1 aliphatic rings. The summed E-state index contributed by atoms with van der Waals surface area (Å²) in [6, 6.07) is 5.95. The second-order valence-corrected chi connectivity index (χ2v) is 6.06. The third kappa shape index (κ3) is 5.46. The van der Waals surface area contributed by atoms with Gasteiger partial charge in [0.25, 0.3) is 5.91 Å². The van der Waals surface area contributed by atoms with E-state index >= 15 is 0 Å².